The van der Waals surface area contributed by atoms with Crippen LogP contribution < -0.4 is 10.9 Å². The molecule has 39 heavy (non-hydrogen) atoms. The summed E-state index contributed by atoms with van der Waals surface area (Å²) in [6.45, 7) is 3.56. The standard InChI is InChI=1S/C28H31FN6O4/c1-15-10-17(4-5-20(15)29)11-19-13-30-23(31-19)21-22(37)24(38)35-14-18-6-7-27(12-18,25(35)32-21)33-26(39)28(8-9-28)34(3)16(2)36/h4-5,10,13,18,37H,6-9,11-12,14H2,1-3H3,(H,30,31)(H,33,39). The number of aromatic nitrogens is 4. The number of fused-ring (bicyclic) bond motifs is 4. The molecule has 0 spiro atoms. The Kier molecular flexibility index (Phi) is 5.67. The molecule has 2 aliphatic carbocycles. The fourth-order valence-electron chi connectivity index (χ4n) is 6.25. The van der Waals surface area contributed by atoms with Crippen LogP contribution in [0.2, 0.25) is 0 Å². The van der Waals surface area contributed by atoms with E-state index >= 15 is 0 Å². The first-order valence-electron chi connectivity index (χ1n) is 13.2. The molecule has 6 rings (SSSR count). The Morgan fingerprint density at radius 1 is 1.31 bits per heavy atom. The third kappa shape index (κ3) is 4.02. The van der Waals surface area contributed by atoms with Gasteiger partial charge in [0.15, 0.2) is 11.5 Å². The minimum atomic E-state index is -0.879. The van der Waals surface area contributed by atoms with Crippen molar-refractivity contribution >= 4 is 11.8 Å². The number of carbonyl (C=O) groups is 2. The van der Waals surface area contributed by atoms with E-state index in [0.29, 0.717) is 55.7 Å². The van der Waals surface area contributed by atoms with Crippen LogP contribution in [0, 0.1) is 18.7 Å². The first-order valence-corrected chi connectivity index (χ1v) is 13.2. The molecule has 0 saturated heterocycles. The van der Waals surface area contributed by atoms with Crippen molar-refractivity contribution in [1.29, 1.82) is 0 Å². The topological polar surface area (TPSA) is 133 Å². The third-order valence-corrected chi connectivity index (χ3v) is 8.71. The Labute approximate surface area is 224 Å². The van der Waals surface area contributed by atoms with E-state index in [1.54, 1.807) is 32.3 Å². The first kappa shape index (κ1) is 25.3. The number of benzene rings is 1. The Bertz CT molecular complexity index is 1570. The predicted molar refractivity (Wildman–Crippen MR) is 139 cm³/mol. The maximum absolute atomic E-state index is 13.7. The van der Waals surface area contributed by atoms with Crippen molar-refractivity contribution in [2.24, 2.45) is 5.92 Å². The average Bonchev–Trinajstić information content (AvgIpc) is 3.48. The van der Waals surface area contributed by atoms with Gasteiger partial charge in [-0.15, -0.1) is 0 Å². The van der Waals surface area contributed by atoms with E-state index in [1.165, 1.54) is 22.5 Å². The summed E-state index contributed by atoms with van der Waals surface area (Å²) < 4.78 is 15.1. The predicted octanol–water partition coefficient (Wildman–Crippen LogP) is 2.51. The highest BCUT2D eigenvalue weighted by Gasteiger charge is 2.58. The average molecular weight is 535 g/mol. The Hall–Kier alpha value is -4.02. The molecular formula is C28H31FN6O4. The van der Waals surface area contributed by atoms with Crippen LogP contribution in [0.25, 0.3) is 11.5 Å². The number of rotatable bonds is 6. The molecule has 10 nitrogen and oxygen atoms in total. The second-order valence-corrected chi connectivity index (χ2v) is 11.3. The number of nitrogens with zero attached hydrogens (tertiary/aromatic N) is 4. The van der Waals surface area contributed by atoms with E-state index in [1.807, 2.05) is 0 Å². The Morgan fingerprint density at radius 2 is 2.08 bits per heavy atom. The molecule has 2 saturated carbocycles. The maximum atomic E-state index is 13.7. The summed E-state index contributed by atoms with van der Waals surface area (Å²) in [7, 11) is 1.64. The molecule has 11 heteroatoms. The van der Waals surface area contributed by atoms with Gasteiger partial charge < -0.3 is 20.3 Å². The lowest BCUT2D eigenvalue weighted by Crippen LogP contribution is -2.57. The van der Waals surface area contributed by atoms with Crippen LogP contribution >= 0.6 is 0 Å². The number of imidazole rings is 1. The number of nitrogens with one attached hydrogen (secondary N) is 2. The van der Waals surface area contributed by atoms with Crippen LogP contribution in [0.1, 0.15) is 61.7 Å². The van der Waals surface area contributed by atoms with Gasteiger partial charge in [0.25, 0.3) is 5.56 Å². The highest BCUT2D eigenvalue weighted by Crippen LogP contribution is 2.48. The van der Waals surface area contributed by atoms with Crippen molar-refractivity contribution in [3.8, 4) is 17.3 Å². The normalized spacial score (nSPS) is 22.3. The molecule has 3 aromatic rings. The summed E-state index contributed by atoms with van der Waals surface area (Å²) in [5.41, 5.74) is -0.176. The summed E-state index contributed by atoms with van der Waals surface area (Å²) in [6, 6.07) is 4.88. The van der Waals surface area contributed by atoms with Gasteiger partial charge in [-0.2, -0.15) is 0 Å². The lowest BCUT2D eigenvalue weighted by Gasteiger charge is -2.38. The number of aryl methyl sites for hydroxylation is 1. The van der Waals surface area contributed by atoms with Crippen LogP contribution in [0.5, 0.6) is 5.75 Å². The van der Waals surface area contributed by atoms with Crippen molar-refractivity contribution in [1.82, 2.24) is 29.7 Å². The zero-order valence-electron chi connectivity index (χ0n) is 22.2. The fraction of sp³-hybridized carbons (Fsp3) is 0.464. The largest absolute Gasteiger partial charge is 0.501 e. The lowest BCUT2D eigenvalue weighted by atomic mass is 9.90. The van der Waals surface area contributed by atoms with Crippen LogP contribution in [0.4, 0.5) is 4.39 Å². The third-order valence-electron chi connectivity index (χ3n) is 8.71. The second-order valence-electron chi connectivity index (χ2n) is 11.3. The van der Waals surface area contributed by atoms with Crippen LogP contribution in [-0.4, -0.2) is 53.9 Å². The van der Waals surface area contributed by atoms with Gasteiger partial charge in [0, 0.05) is 38.8 Å². The summed E-state index contributed by atoms with van der Waals surface area (Å²) in [6.07, 6.45) is 5.25. The van der Waals surface area contributed by atoms with Gasteiger partial charge in [0.2, 0.25) is 17.6 Å². The van der Waals surface area contributed by atoms with Crippen molar-refractivity contribution in [3.63, 3.8) is 0 Å². The highest BCUT2D eigenvalue weighted by molar-refractivity contribution is 5.94. The number of H-pyrrole nitrogens is 1. The van der Waals surface area contributed by atoms with Gasteiger partial charge >= 0.3 is 0 Å². The number of hydrogen-bond donors (Lipinski definition) is 3. The van der Waals surface area contributed by atoms with E-state index in [-0.39, 0.29) is 35.1 Å². The number of aromatic amines is 1. The van der Waals surface area contributed by atoms with Crippen molar-refractivity contribution in [2.75, 3.05) is 7.05 Å². The number of hydrogen-bond acceptors (Lipinski definition) is 6. The van der Waals surface area contributed by atoms with E-state index in [0.717, 1.165) is 12.0 Å². The molecule has 204 valence electrons. The zero-order valence-corrected chi connectivity index (χ0v) is 22.2. The molecule has 2 fully saturated rings. The number of aromatic hydroxyl groups is 1. The Morgan fingerprint density at radius 3 is 2.77 bits per heavy atom. The van der Waals surface area contributed by atoms with E-state index < -0.39 is 22.4 Å². The molecule has 2 aromatic heterocycles. The quantitative estimate of drug-likeness (QED) is 0.445. The summed E-state index contributed by atoms with van der Waals surface area (Å²) in [5.74, 6) is -0.405. The molecule has 2 bridgehead atoms. The number of halogens is 1. The van der Waals surface area contributed by atoms with Crippen LogP contribution in [-0.2, 0) is 28.1 Å². The molecule has 2 atom stereocenters. The highest BCUT2D eigenvalue weighted by atomic mass is 19.1. The number of carbonyl (C=O) groups excluding carboxylic acids is 2. The zero-order chi connectivity index (χ0) is 27.7. The SMILES string of the molecule is CC(=O)N(C)C1(C(=O)NC23CCC(Cn4c2nc(-c2ncc(Cc5ccc(F)c(C)c5)[nH]2)c(O)c4=O)C3)CC1. The molecule has 2 amide bonds. The molecule has 1 aliphatic heterocycles. The minimum Gasteiger partial charge on any atom is -0.501 e. The molecule has 1 aromatic carbocycles. The smallest absolute Gasteiger partial charge is 0.296 e. The summed E-state index contributed by atoms with van der Waals surface area (Å²) in [4.78, 5) is 52.7. The van der Waals surface area contributed by atoms with Gasteiger partial charge in [0.1, 0.15) is 17.2 Å². The van der Waals surface area contributed by atoms with Crippen LogP contribution in [0.3, 0.4) is 0 Å². The molecule has 2 unspecified atom stereocenters. The first-order chi connectivity index (χ1) is 18.5. The summed E-state index contributed by atoms with van der Waals surface area (Å²) >= 11 is 0. The number of likely N-dealkylation sites (N-methyl/N-ethyl adjacent to an activating group) is 1. The second kappa shape index (κ2) is 8.75. The monoisotopic (exact) mass is 534 g/mol. The van der Waals surface area contributed by atoms with Crippen molar-refractivity contribution in [2.45, 2.75) is 70.0 Å². The van der Waals surface area contributed by atoms with Gasteiger partial charge in [-0.1, -0.05) is 12.1 Å². The molecular weight excluding hydrogens is 503 g/mol. The molecule has 0 radical (unpaired) electrons. The maximum Gasteiger partial charge on any atom is 0.296 e. The van der Waals surface area contributed by atoms with Crippen LogP contribution in [0.15, 0.2) is 29.2 Å². The van der Waals surface area contributed by atoms with Gasteiger partial charge in [-0.3, -0.25) is 19.0 Å². The van der Waals surface area contributed by atoms with Crippen molar-refractivity contribution < 1.29 is 19.1 Å². The molecule has 3 N–H and O–H groups in total. The van der Waals surface area contributed by atoms with Gasteiger partial charge in [-0.05, 0) is 62.1 Å². The van der Waals surface area contributed by atoms with Gasteiger partial charge in [0.05, 0.1) is 5.54 Å². The Balaban J connectivity index is 1.35. The fourth-order valence-corrected chi connectivity index (χ4v) is 6.25. The summed E-state index contributed by atoms with van der Waals surface area (Å²) in [5, 5.41) is 14.1. The van der Waals surface area contributed by atoms with E-state index in [2.05, 4.69) is 15.3 Å². The van der Waals surface area contributed by atoms with E-state index in [4.69, 9.17) is 4.98 Å². The van der Waals surface area contributed by atoms with Gasteiger partial charge in [-0.25, -0.2) is 14.4 Å². The number of amides is 2. The van der Waals surface area contributed by atoms with E-state index in [9.17, 15) is 23.9 Å². The molecule has 3 heterocycles. The van der Waals surface area contributed by atoms with Crippen molar-refractivity contribution in [3.05, 3.63) is 63.2 Å². The molecule has 3 aliphatic rings. The minimum absolute atomic E-state index is 0.0220. The lowest BCUT2D eigenvalue weighted by molar-refractivity contribution is -0.140.